The van der Waals surface area contributed by atoms with Crippen LogP contribution in [0.3, 0.4) is 0 Å². The van der Waals surface area contributed by atoms with E-state index < -0.39 is 5.60 Å². The molecule has 2 heterocycles. The minimum Gasteiger partial charge on any atom is -0.474 e. The van der Waals surface area contributed by atoms with E-state index in [4.69, 9.17) is 9.47 Å². The van der Waals surface area contributed by atoms with Crippen molar-refractivity contribution in [1.82, 2.24) is 14.9 Å². The number of ether oxygens (including phenoxy) is 2. The molecule has 1 saturated carbocycles. The Hall–Kier alpha value is -1.93. The molecule has 2 aliphatic carbocycles. The Morgan fingerprint density at radius 3 is 2.65 bits per heavy atom. The second-order valence-corrected chi connectivity index (χ2v) is 10.8. The van der Waals surface area contributed by atoms with Crippen LogP contribution in [0.5, 0.6) is 5.88 Å². The molecule has 1 N–H and O–H groups in total. The van der Waals surface area contributed by atoms with Crippen LogP contribution in [0.2, 0.25) is 0 Å². The first-order valence-electron chi connectivity index (χ1n) is 11.3. The van der Waals surface area contributed by atoms with Crippen molar-refractivity contribution in [2.24, 2.45) is 0 Å². The molecule has 170 valence electrons. The molecule has 0 aromatic carbocycles. The number of fused-ring (bicyclic) bond motifs is 3. The second-order valence-electron chi connectivity index (χ2n) is 9.69. The van der Waals surface area contributed by atoms with Crippen LogP contribution in [0.4, 0.5) is 4.79 Å². The Kier molecular flexibility index (Phi) is 6.40. The molecule has 2 aliphatic rings. The highest BCUT2D eigenvalue weighted by atomic mass is 32.1. The Morgan fingerprint density at radius 2 is 1.97 bits per heavy atom. The summed E-state index contributed by atoms with van der Waals surface area (Å²) in [5.74, 6) is 1.04. The predicted octanol–water partition coefficient (Wildman–Crippen LogP) is 4.66. The van der Waals surface area contributed by atoms with Crippen molar-refractivity contribution in [1.29, 1.82) is 0 Å². The molecular formula is C23H33N3O4S. The Morgan fingerprint density at radius 1 is 1.23 bits per heavy atom. The molecule has 0 saturated heterocycles. The summed E-state index contributed by atoms with van der Waals surface area (Å²) in [6.45, 7) is 5.86. The van der Waals surface area contributed by atoms with E-state index in [0.717, 1.165) is 55.2 Å². The number of amides is 1. The summed E-state index contributed by atoms with van der Waals surface area (Å²) in [5, 5.41) is 10.5. The molecule has 4 rings (SSSR count). The zero-order valence-corrected chi connectivity index (χ0v) is 19.7. The minimum atomic E-state index is -0.487. The largest absolute Gasteiger partial charge is 0.474 e. The number of nitrogens with zero attached hydrogens (tertiary/aromatic N) is 3. The molecule has 2 aromatic heterocycles. The van der Waals surface area contributed by atoms with Crippen LogP contribution in [-0.4, -0.2) is 57.5 Å². The van der Waals surface area contributed by atoms with Crippen LogP contribution in [0, 0.1) is 0 Å². The number of hydrogen-bond donors (Lipinski definition) is 1. The Balaban J connectivity index is 1.43. The lowest BCUT2D eigenvalue weighted by atomic mass is 9.92. The summed E-state index contributed by atoms with van der Waals surface area (Å²) < 4.78 is 11.9. The highest BCUT2D eigenvalue weighted by Crippen LogP contribution is 2.47. The van der Waals surface area contributed by atoms with Crippen molar-refractivity contribution in [3.05, 3.63) is 16.8 Å². The highest BCUT2D eigenvalue weighted by Gasteiger charge is 2.33. The lowest BCUT2D eigenvalue weighted by Crippen LogP contribution is -2.43. The van der Waals surface area contributed by atoms with Gasteiger partial charge in [-0.3, -0.25) is 0 Å². The van der Waals surface area contributed by atoms with E-state index in [1.54, 1.807) is 22.6 Å². The Bertz CT molecular complexity index is 931. The fourth-order valence-corrected chi connectivity index (χ4v) is 6.00. The summed E-state index contributed by atoms with van der Waals surface area (Å²) in [5.41, 5.74) is 0.807. The van der Waals surface area contributed by atoms with E-state index in [9.17, 15) is 9.90 Å². The van der Waals surface area contributed by atoms with Crippen molar-refractivity contribution < 1.29 is 19.4 Å². The molecule has 1 fully saturated rings. The number of thiophene rings is 1. The zero-order chi connectivity index (χ0) is 22.2. The van der Waals surface area contributed by atoms with E-state index >= 15 is 0 Å². The van der Waals surface area contributed by atoms with Gasteiger partial charge in [-0.2, -0.15) is 0 Å². The van der Waals surface area contributed by atoms with Crippen molar-refractivity contribution in [2.45, 2.75) is 89.4 Å². The number of aromatic nitrogens is 2. The van der Waals surface area contributed by atoms with E-state index in [2.05, 4.69) is 9.97 Å². The van der Waals surface area contributed by atoms with Gasteiger partial charge in [0.2, 0.25) is 5.88 Å². The minimum absolute atomic E-state index is 0.0784. The lowest BCUT2D eigenvalue weighted by molar-refractivity contribution is 0.0138. The van der Waals surface area contributed by atoms with Gasteiger partial charge in [-0.25, -0.2) is 14.8 Å². The quantitative estimate of drug-likeness (QED) is 0.718. The van der Waals surface area contributed by atoms with E-state index in [1.165, 1.54) is 10.4 Å². The maximum Gasteiger partial charge on any atom is 0.410 e. The molecule has 0 spiro atoms. The van der Waals surface area contributed by atoms with E-state index in [1.807, 2.05) is 27.8 Å². The molecular weight excluding hydrogens is 414 g/mol. The summed E-state index contributed by atoms with van der Waals surface area (Å²) in [6, 6.07) is 0.166. The number of aryl methyl sites for hydroxylation is 1. The number of carbonyl (C=O) groups is 1. The molecule has 1 amide bonds. The van der Waals surface area contributed by atoms with Crippen LogP contribution in [0.15, 0.2) is 6.33 Å². The van der Waals surface area contributed by atoms with Crippen molar-refractivity contribution in [3.63, 3.8) is 0 Å². The van der Waals surface area contributed by atoms with Gasteiger partial charge in [0.25, 0.3) is 0 Å². The van der Waals surface area contributed by atoms with Crippen LogP contribution in [0.1, 0.15) is 75.7 Å². The third-order valence-corrected chi connectivity index (χ3v) is 7.50. The first-order valence-corrected chi connectivity index (χ1v) is 12.1. The van der Waals surface area contributed by atoms with Gasteiger partial charge in [0, 0.05) is 24.6 Å². The number of aliphatic hydroxyl groups is 1. The Labute approximate surface area is 187 Å². The van der Waals surface area contributed by atoms with Gasteiger partial charge in [-0.1, -0.05) is 0 Å². The smallest absolute Gasteiger partial charge is 0.410 e. The van der Waals surface area contributed by atoms with Gasteiger partial charge in [-0.05, 0) is 77.2 Å². The number of carbonyl (C=O) groups excluding carboxylic acids is 1. The average molecular weight is 448 g/mol. The second kappa shape index (κ2) is 8.90. The third-order valence-electron chi connectivity index (χ3n) is 6.32. The predicted molar refractivity (Wildman–Crippen MR) is 121 cm³/mol. The topological polar surface area (TPSA) is 84.8 Å². The van der Waals surface area contributed by atoms with Crippen molar-refractivity contribution >= 4 is 27.6 Å². The maximum absolute atomic E-state index is 12.4. The van der Waals surface area contributed by atoms with Crippen LogP contribution >= 0.6 is 11.3 Å². The summed E-state index contributed by atoms with van der Waals surface area (Å²) in [7, 11) is 1.82. The number of aliphatic hydroxyl groups excluding tert-OH is 1. The van der Waals surface area contributed by atoms with Crippen LogP contribution < -0.4 is 4.74 Å². The maximum atomic E-state index is 12.4. The SMILES string of the molecule is CN(C(=O)OC(C)(C)C)[C@H]1CC[C@H](Oc2ncnc3sc4c(c23)C(CCO)CC4)CC1. The number of hydrogen-bond acceptors (Lipinski definition) is 7. The van der Waals surface area contributed by atoms with E-state index in [-0.39, 0.29) is 24.8 Å². The third kappa shape index (κ3) is 4.80. The molecule has 1 atom stereocenters. The fraction of sp³-hybridized carbons (Fsp3) is 0.696. The van der Waals surface area contributed by atoms with Crippen molar-refractivity contribution in [2.75, 3.05) is 13.7 Å². The van der Waals surface area contributed by atoms with Crippen LogP contribution in [0.25, 0.3) is 10.2 Å². The first kappa shape index (κ1) is 22.3. The van der Waals surface area contributed by atoms with Crippen LogP contribution in [-0.2, 0) is 11.2 Å². The number of rotatable bonds is 5. The van der Waals surface area contributed by atoms with Gasteiger partial charge in [0.1, 0.15) is 22.9 Å². The van der Waals surface area contributed by atoms with Gasteiger partial charge in [0.05, 0.1) is 5.39 Å². The molecule has 2 aromatic rings. The van der Waals surface area contributed by atoms with Gasteiger partial charge in [0.15, 0.2) is 0 Å². The van der Waals surface area contributed by atoms with Gasteiger partial charge in [-0.15, -0.1) is 11.3 Å². The molecule has 1 unspecified atom stereocenters. The fourth-order valence-electron chi connectivity index (χ4n) is 4.77. The molecule has 0 aliphatic heterocycles. The standard InChI is InChI=1S/C23H33N3O4S/c1-23(2,3)30-22(28)26(4)15-6-8-16(9-7-15)29-20-19-18-14(11-12-27)5-10-17(18)31-21(19)25-13-24-20/h13-16,27H,5-12H2,1-4H3/t14?,15-,16-. The monoisotopic (exact) mass is 447 g/mol. The molecule has 0 radical (unpaired) electrons. The summed E-state index contributed by atoms with van der Waals surface area (Å²) in [6.07, 6.45) is 7.80. The molecule has 31 heavy (non-hydrogen) atoms. The zero-order valence-electron chi connectivity index (χ0n) is 18.9. The van der Waals surface area contributed by atoms with Gasteiger partial charge >= 0.3 is 6.09 Å². The normalized spacial score (nSPS) is 23.6. The molecule has 7 nitrogen and oxygen atoms in total. The van der Waals surface area contributed by atoms with Crippen molar-refractivity contribution in [3.8, 4) is 5.88 Å². The summed E-state index contributed by atoms with van der Waals surface area (Å²) in [4.78, 5) is 25.4. The summed E-state index contributed by atoms with van der Waals surface area (Å²) >= 11 is 1.73. The highest BCUT2D eigenvalue weighted by molar-refractivity contribution is 7.19. The average Bonchev–Trinajstić information content (AvgIpc) is 3.27. The van der Waals surface area contributed by atoms with E-state index in [0.29, 0.717) is 11.8 Å². The first-order chi connectivity index (χ1) is 14.8. The lowest BCUT2D eigenvalue weighted by Gasteiger charge is -2.35. The molecule has 8 heteroatoms. The molecule has 0 bridgehead atoms. The van der Waals surface area contributed by atoms with Gasteiger partial charge < -0.3 is 19.5 Å².